The van der Waals surface area contributed by atoms with Crippen LogP contribution in [0, 0.1) is 0 Å². The van der Waals surface area contributed by atoms with Gasteiger partial charge in [-0.05, 0) is 54.1 Å². The number of carbonyl (C=O) groups is 2. The Morgan fingerprint density at radius 2 is 1.32 bits per heavy atom. The van der Waals surface area contributed by atoms with E-state index in [1.807, 2.05) is 108 Å². The van der Waals surface area contributed by atoms with E-state index in [1.165, 1.54) is 0 Å². The molecule has 2 heterocycles. The van der Waals surface area contributed by atoms with Gasteiger partial charge in [-0.1, -0.05) is 66.7 Å². The van der Waals surface area contributed by atoms with E-state index in [0.29, 0.717) is 42.4 Å². The maximum atomic E-state index is 13.8. The van der Waals surface area contributed by atoms with Gasteiger partial charge in [0.25, 0.3) is 5.91 Å². The number of anilines is 2. The predicted octanol–water partition coefficient (Wildman–Crippen LogP) is 6.15. The quantitative estimate of drug-likeness (QED) is 0.267. The van der Waals surface area contributed by atoms with Crippen molar-refractivity contribution >= 4 is 23.2 Å². The summed E-state index contributed by atoms with van der Waals surface area (Å²) in [4.78, 5) is 35.1. The third-order valence-corrected chi connectivity index (χ3v) is 7.18. The van der Waals surface area contributed by atoms with E-state index in [9.17, 15) is 9.59 Å². The highest BCUT2D eigenvalue weighted by Crippen LogP contribution is 2.32. The van der Waals surface area contributed by atoms with Crippen LogP contribution >= 0.6 is 0 Å². The summed E-state index contributed by atoms with van der Waals surface area (Å²) in [5.41, 5.74) is 4.58. The maximum absolute atomic E-state index is 13.8. The second-order valence-electron chi connectivity index (χ2n) is 9.97. The fourth-order valence-electron chi connectivity index (χ4n) is 5.01. The van der Waals surface area contributed by atoms with E-state index in [0.717, 1.165) is 29.9 Å². The van der Waals surface area contributed by atoms with Gasteiger partial charge in [0.2, 0.25) is 11.8 Å². The number of amides is 2. The van der Waals surface area contributed by atoms with Crippen LogP contribution in [0.2, 0.25) is 0 Å². The van der Waals surface area contributed by atoms with Crippen molar-refractivity contribution in [1.82, 2.24) is 9.88 Å². The molecular weight excluding hydrogens is 512 g/mol. The van der Waals surface area contributed by atoms with Gasteiger partial charge in [-0.25, -0.2) is 4.98 Å². The second-order valence-corrected chi connectivity index (χ2v) is 9.97. The monoisotopic (exact) mass is 542 g/mol. The Morgan fingerprint density at radius 1 is 0.707 bits per heavy atom. The van der Waals surface area contributed by atoms with Crippen LogP contribution in [0.1, 0.15) is 16.1 Å². The second kappa shape index (κ2) is 11.9. The normalized spacial score (nSPS) is 13.2. The van der Waals surface area contributed by atoms with Crippen LogP contribution in [0.5, 0.6) is 0 Å². The molecule has 7 nitrogen and oxygen atoms in total. The zero-order valence-electron chi connectivity index (χ0n) is 22.6. The number of carbonyl (C=O) groups excluding carboxylic acids is 2. The summed E-state index contributed by atoms with van der Waals surface area (Å²) in [6.07, 6.45) is 0.293. The Kier molecular flexibility index (Phi) is 7.58. The summed E-state index contributed by atoms with van der Waals surface area (Å²) in [6.45, 7) is 2.66. The van der Waals surface area contributed by atoms with Crippen molar-refractivity contribution in [2.75, 3.05) is 36.4 Å². The van der Waals surface area contributed by atoms with Gasteiger partial charge in [0.15, 0.2) is 11.5 Å². The van der Waals surface area contributed by atoms with E-state index in [-0.39, 0.29) is 17.5 Å². The highest BCUT2D eigenvalue weighted by atomic mass is 16.4. The minimum Gasteiger partial charge on any atom is -0.435 e. The number of hydrogen-bond acceptors (Lipinski definition) is 5. The Hall–Kier alpha value is -5.17. The number of oxazole rings is 1. The van der Waals surface area contributed by atoms with Gasteiger partial charge >= 0.3 is 0 Å². The van der Waals surface area contributed by atoms with Gasteiger partial charge in [0.05, 0.1) is 6.42 Å². The van der Waals surface area contributed by atoms with Gasteiger partial charge in [-0.2, -0.15) is 0 Å². The molecule has 1 aliphatic heterocycles. The first-order chi connectivity index (χ1) is 20.1. The van der Waals surface area contributed by atoms with E-state index in [2.05, 4.69) is 27.3 Å². The van der Waals surface area contributed by atoms with Crippen LogP contribution < -0.4 is 10.2 Å². The fraction of sp³-hybridized carbons (Fsp3) is 0.147. The van der Waals surface area contributed by atoms with Crippen LogP contribution in [0.15, 0.2) is 120 Å². The van der Waals surface area contributed by atoms with Gasteiger partial charge in [0.1, 0.15) is 0 Å². The van der Waals surface area contributed by atoms with Crippen molar-refractivity contribution in [1.29, 1.82) is 0 Å². The van der Waals surface area contributed by atoms with Gasteiger partial charge < -0.3 is 19.5 Å². The molecule has 0 spiro atoms. The smallest absolute Gasteiger partial charge is 0.276 e. The molecular formula is C34H30N4O3. The molecule has 5 aromatic rings. The third kappa shape index (κ3) is 6.04. The van der Waals surface area contributed by atoms with Crippen LogP contribution in [-0.2, 0) is 11.2 Å². The topological polar surface area (TPSA) is 78.7 Å². The van der Waals surface area contributed by atoms with E-state index < -0.39 is 0 Å². The van der Waals surface area contributed by atoms with Crippen molar-refractivity contribution in [3.05, 3.63) is 127 Å². The molecule has 1 N–H and O–H groups in total. The molecule has 0 unspecified atom stereocenters. The van der Waals surface area contributed by atoms with Crippen molar-refractivity contribution < 1.29 is 14.0 Å². The summed E-state index contributed by atoms with van der Waals surface area (Å²) < 4.78 is 6.23. The molecule has 0 bridgehead atoms. The molecule has 0 atom stereocenters. The standard InChI is InChI=1S/C34H30N4O3/c39-30(24-25-10-4-1-5-11-25)35-28-18-16-26(17-19-28)32-31(36-33(41-32)27-12-6-2-7-13-27)34(40)38-22-20-37(21-23-38)29-14-8-3-9-15-29/h1-19H,20-24H2,(H,35,39). The van der Waals surface area contributed by atoms with E-state index in [4.69, 9.17) is 4.42 Å². The number of hydrogen-bond donors (Lipinski definition) is 1. The molecule has 4 aromatic carbocycles. The number of rotatable bonds is 7. The third-order valence-electron chi connectivity index (χ3n) is 7.18. The number of para-hydroxylation sites is 1. The Labute approximate surface area is 239 Å². The first kappa shape index (κ1) is 26.1. The lowest BCUT2D eigenvalue weighted by Gasteiger charge is -2.35. The summed E-state index contributed by atoms with van der Waals surface area (Å²) in [5.74, 6) is 0.563. The molecule has 1 aromatic heterocycles. The molecule has 0 saturated carbocycles. The Balaban J connectivity index is 1.22. The highest BCUT2D eigenvalue weighted by molar-refractivity contribution is 5.99. The Morgan fingerprint density at radius 3 is 1.98 bits per heavy atom. The minimum atomic E-state index is -0.154. The highest BCUT2D eigenvalue weighted by Gasteiger charge is 2.29. The molecule has 1 aliphatic rings. The lowest BCUT2D eigenvalue weighted by atomic mass is 10.1. The lowest BCUT2D eigenvalue weighted by Crippen LogP contribution is -2.49. The molecule has 1 fully saturated rings. The number of aromatic nitrogens is 1. The van der Waals surface area contributed by atoms with Crippen molar-refractivity contribution in [2.24, 2.45) is 0 Å². The number of piperazine rings is 1. The number of nitrogens with one attached hydrogen (secondary N) is 1. The van der Waals surface area contributed by atoms with Crippen molar-refractivity contribution in [3.8, 4) is 22.8 Å². The van der Waals surface area contributed by atoms with Gasteiger partial charge in [0, 0.05) is 48.7 Å². The molecule has 0 aliphatic carbocycles. The van der Waals surface area contributed by atoms with E-state index in [1.54, 1.807) is 0 Å². The van der Waals surface area contributed by atoms with Gasteiger partial charge in [-0.3, -0.25) is 9.59 Å². The predicted molar refractivity (Wildman–Crippen MR) is 161 cm³/mol. The van der Waals surface area contributed by atoms with Crippen LogP contribution in [-0.4, -0.2) is 47.9 Å². The summed E-state index contributed by atoms with van der Waals surface area (Å²) in [7, 11) is 0. The average molecular weight is 543 g/mol. The largest absolute Gasteiger partial charge is 0.435 e. The maximum Gasteiger partial charge on any atom is 0.276 e. The molecule has 6 rings (SSSR count). The number of nitrogens with zero attached hydrogens (tertiary/aromatic N) is 3. The molecule has 0 radical (unpaired) electrons. The first-order valence-corrected chi connectivity index (χ1v) is 13.7. The summed E-state index contributed by atoms with van der Waals surface area (Å²) >= 11 is 0. The molecule has 2 amide bonds. The zero-order valence-corrected chi connectivity index (χ0v) is 22.6. The van der Waals surface area contributed by atoms with Crippen molar-refractivity contribution in [3.63, 3.8) is 0 Å². The molecule has 1 saturated heterocycles. The number of benzene rings is 4. The summed E-state index contributed by atoms with van der Waals surface area (Å²) in [5, 5.41) is 2.94. The fourth-order valence-corrected chi connectivity index (χ4v) is 5.01. The summed E-state index contributed by atoms with van der Waals surface area (Å²) in [6, 6.07) is 36.8. The van der Waals surface area contributed by atoms with E-state index >= 15 is 0 Å². The minimum absolute atomic E-state index is 0.0968. The SMILES string of the molecule is O=C(Cc1ccccc1)Nc1ccc(-c2oc(-c3ccccc3)nc2C(=O)N2CCN(c3ccccc3)CC2)cc1. The van der Waals surface area contributed by atoms with Crippen LogP contribution in [0.4, 0.5) is 11.4 Å². The van der Waals surface area contributed by atoms with Gasteiger partial charge in [-0.15, -0.1) is 0 Å². The molecule has 7 heteroatoms. The Bertz CT molecular complexity index is 1610. The van der Waals surface area contributed by atoms with Crippen LogP contribution in [0.3, 0.4) is 0 Å². The zero-order chi connectivity index (χ0) is 28.0. The van der Waals surface area contributed by atoms with Crippen molar-refractivity contribution in [2.45, 2.75) is 6.42 Å². The lowest BCUT2D eigenvalue weighted by molar-refractivity contribution is -0.115. The first-order valence-electron chi connectivity index (χ1n) is 13.7. The average Bonchev–Trinajstić information content (AvgIpc) is 3.48. The molecule has 204 valence electrons. The molecule has 41 heavy (non-hydrogen) atoms. The van der Waals surface area contributed by atoms with Crippen LogP contribution in [0.25, 0.3) is 22.8 Å².